The molecule has 0 bridgehead atoms. The number of benzene rings is 2. The molecule has 0 saturated carbocycles. The number of hydrogen-bond donors (Lipinski definition) is 1. The van der Waals surface area contributed by atoms with Gasteiger partial charge >= 0.3 is 12.6 Å². The van der Waals surface area contributed by atoms with E-state index in [1.807, 2.05) is 0 Å². The summed E-state index contributed by atoms with van der Waals surface area (Å²) in [5.41, 5.74) is 0.761. The van der Waals surface area contributed by atoms with E-state index in [4.69, 9.17) is 0 Å². The maximum Gasteiger partial charge on any atom is 0.387 e. The van der Waals surface area contributed by atoms with Crippen molar-refractivity contribution in [3.05, 3.63) is 65.7 Å². The quantitative estimate of drug-likeness (QED) is 0.670. The number of carbonyl (C=O) groups is 1. The van der Waals surface area contributed by atoms with Gasteiger partial charge in [-0.3, -0.25) is 0 Å². The lowest BCUT2D eigenvalue weighted by Gasteiger charge is -2.09. The fourth-order valence-electron chi connectivity index (χ4n) is 1.84. The standard InChI is InChI=1S/C16H12F2O3/c17-16(18)21-14-9-5-4-8-12(14)10-13(15(19)20)11-6-2-1-3-7-11/h1-10,16H,(H,19,20)/b13-10+. The number of carboxylic acids is 1. The van der Waals surface area contributed by atoms with E-state index in [0.717, 1.165) is 0 Å². The highest BCUT2D eigenvalue weighted by Gasteiger charge is 2.13. The van der Waals surface area contributed by atoms with E-state index < -0.39 is 12.6 Å². The van der Waals surface area contributed by atoms with Crippen LogP contribution in [0, 0.1) is 0 Å². The van der Waals surface area contributed by atoms with Crippen LogP contribution >= 0.6 is 0 Å². The van der Waals surface area contributed by atoms with Crippen LogP contribution in [0.5, 0.6) is 5.75 Å². The molecule has 2 aromatic rings. The van der Waals surface area contributed by atoms with Crippen LogP contribution in [0.15, 0.2) is 54.6 Å². The van der Waals surface area contributed by atoms with Crippen molar-refractivity contribution in [2.45, 2.75) is 6.61 Å². The first kappa shape index (κ1) is 14.7. The predicted molar refractivity (Wildman–Crippen MR) is 75.0 cm³/mol. The first-order valence-electron chi connectivity index (χ1n) is 6.12. The van der Waals surface area contributed by atoms with E-state index in [2.05, 4.69) is 4.74 Å². The van der Waals surface area contributed by atoms with Crippen molar-refractivity contribution < 1.29 is 23.4 Å². The minimum atomic E-state index is -2.97. The van der Waals surface area contributed by atoms with Crippen LogP contribution in [0.25, 0.3) is 11.6 Å². The fourth-order valence-corrected chi connectivity index (χ4v) is 1.84. The number of alkyl halides is 2. The third-order valence-corrected chi connectivity index (χ3v) is 2.75. The number of hydrogen-bond acceptors (Lipinski definition) is 2. The topological polar surface area (TPSA) is 46.5 Å². The zero-order valence-corrected chi connectivity index (χ0v) is 10.9. The van der Waals surface area contributed by atoms with Crippen molar-refractivity contribution in [1.29, 1.82) is 0 Å². The highest BCUT2D eigenvalue weighted by molar-refractivity contribution is 6.20. The van der Waals surface area contributed by atoms with Gasteiger partial charge in [0.15, 0.2) is 0 Å². The Labute approximate surface area is 120 Å². The molecular weight excluding hydrogens is 278 g/mol. The van der Waals surface area contributed by atoms with Gasteiger partial charge < -0.3 is 9.84 Å². The Hall–Kier alpha value is -2.69. The Morgan fingerprint density at radius 3 is 2.29 bits per heavy atom. The van der Waals surface area contributed by atoms with Crippen LogP contribution in [0.3, 0.4) is 0 Å². The van der Waals surface area contributed by atoms with Crippen LogP contribution in [-0.2, 0) is 4.79 Å². The molecule has 5 heteroatoms. The average Bonchev–Trinajstić information content (AvgIpc) is 2.46. The van der Waals surface area contributed by atoms with Gasteiger partial charge in [0.25, 0.3) is 0 Å². The summed E-state index contributed by atoms with van der Waals surface area (Å²) in [6.45, 7) is -2.97. The molecule has 0 heterocycles. The summed E-state index contributed by atoms with van der Waals surface area (Å²) in [6.07, 6.45) is 1.31. The molecular formula is C16H12F2O3. The first-order chi connectivity index (χ1) is 10.1. The summed E-state index contributed by atoms with van der Waals surface area (Å²) in [7, 11) is 0. The summed E-state index contributed by atoms with van der Waals surface area (Å²) in [4.78, 5) is 11.4. The SMILES string of the molecule is O=C(O)/C(=C/c1ccccc1OC(F)F)c1ccccc1. The molecule has 0 aliphatic heterocycles. The van der Waals surface area contributed by atoms with Gasteiger partial charge in [0.05, 0.1) is 5.57 Å². The van der Waals surface area contributed by atoms with E-state index in [9.17, 15) is 18.7 Å². The largest absolute Gasteiger partial charge is 0.478 e. The third-order valence-electron chi connectivity index (χ3n) is 2.75. The molecule has 0 aliphatic rings. The Morgan fingerprint density at radius 2 is 1.67 bits per heavy atom. The molecule has 0 aliphatic carbocycles. The van der Waals surface area contributed by atoms with Gasteiger partial charge in [-0.1, -0.05) is 48.5 Å². The van der Waals surface area contributed by atoms with E-state index in [-0.39, 0.29) is 16.9 Å². The summed E-state index contributed by atoms with van der Waals surface area (Å²) < 4.78 is 29.1. The maximum atomic E-state index is 12.4. The molecule has 0 aromatic heterocycles. The lowest BCUT2D eigenvalue weighted by Crippen LogP contribution is -2.04. The van der Waals surface area contributed by atoms with Gasteiger partial charge in [-0.15, -0.1) is 0 Å². The highest BCUT2D eigenvalue weighted by Crippen LogP contribution is 2.26. The first-order valence-corrected chi connectivity index (χ1v) is 6.12. The number of aliphatic carboxylic acids is 1. The monoisotopic (exact) mass is 290 g/mol. The van der Waals surface area contributed by atoms with Crippen LogP contribution < -0.4 is 4.74 Å². The minimum Gasteiger partial charge on any atom is -0.478 e. The zero-order valence-electron chi connectivity index (χ0n) is 10.9. The number of carboxylic acid groups (broad SMARTS) is 1. The molecule has 0 saturated heterocycles. The number of rotatable bonds is 5. The normalized spacial score (nSPS) is 11.5. The van der Waals surface area contributed by atoms with Crippen molar-refractivity contribution >= 4 is 17.6 Å². The highest BCUT2D eigenvalue weighted by atomic mass is 19.3. The Bertz CT molecular complexity index is 652. The fraction of sp³-hybridized carbons (Fsp3) is 0.0625. The summed E-state index contributed by atoms with van der Waals surface area (Å²) in [6, 6.07) is 14.5. The lowest BCUT2D eigenvalue weighted by molar-refractivity contribution is -0.130. The smallest absolute Gasteiger partial charge is 0.387 e. The van der Waals surface area contributed by atoms with Gasteiger partial charge in [-0.2, -0.15) is 8.78 Å². The number of para-hydroxylation sites is 1. The second kappa shape index (κ2) is 6.65. The lowest BCUT2D eigenvalue weighted by atomic mass is 10.0. The molecule has 21 heavy (non-hydrogen) atoms. The number of ether oxygens (including phenoxy) is 1. The van der Waals surface area contributed by atoms with Gasteiger partial charge in [0, 0.05) is 5.56 Å². The zero-order chi connectivity index (χ0) is 15.2. The Morgan fingerprint density at radius 1 is 1.05 bits per heavy atom. The van der Waals surface area contributed by atoms with Crippen molar-refractivity contribution in [2.75, 3.05) is 0 Å². The second-order valence-electron chi connectivity index (χ2n) is 4.15. The molecule has 0 spiro atoms. The third kappa shape index (κ3) is 3.89. The second-order valence-corrected chi connectivity index (χ2v) is 4.15. The summed E-state index contributed by atoms with van der Waals surface area (Å²) in [5.74, 6) is -1.21. The molecule has 2 rings (SSSR count). The molecule has 108 valence electrons. The van der Waals surface area contributed by atoms with E-state index in [1.165, 1.54) is 24.3 Å². The van der Waals surface area contributed by atoms with Gasteiger partial charge in [0.2, 0.25) is 0 Å². The molecule has 0 radical (unpaired) electrons. The van der Waals surface area contributed by atoms with Gasteiger partial charge in [-0.05, 0) is 17.7 Å². The summed E-state index contributed by atoms with van der Waals surface area (Å²) >= 11 is 0. The van der Waals surface area contributed by atoms with Crippen LogP contribution in [-0.4, -0.2) is 17.7 Å². The minimum absolute atomic E-state index is 0.000848. The van der Waals surface area contributed by atoms with Gasteiger partial charge in [-0.25, -0.2) is 4.79 Å². The van der Waals surface area contributed by atoms with Crippen LogP contribution in [0.1, 0.15) is 11.1 Å². The molecule has 2 aromatic carbocycles. The van der Waals surface area contributed by atoms with E-state index >= 15 is 0 Å². The molecule has 0 atom stereocenters. The average molecular weight is 290 g/mol. The Kier molecular flexibility index (Phi) is 4.66. The van der Waals surface area contributed by atoms with Crippen molar-refractivity contribution in [3.8, 4) is 5.75 Å². The molecule has 0 unspecified atom stereocenters. The predicted octanol–water partition coefficient (Wildman–Crippen LogP) is 3.91. The number of halogens is 2. The molecule has 1 N–H and O–H groups in total. The summed E-state index contributed by atoms with van der Waals surface area (Å²) in [5, 5.41) is 9.30. The van der Waals surface area contributed by atoms with Crippen LogP contribution in [0.4, 0.5) is 8.78 Å². The van der Waals surface area contributed by atoms with E-state index in [0.29, 0.717) is 5.56 Å². The van der Waals surface area contributed by atoms with Gasteiger partial charge in [0.1, 0.15) is 5.75 Å². The van der Waals surface area contributed by atoms with Crippen LogP contribution in [0.2, 0.25) is 0 Å². The van der Waals surface area contributed by atoms with E-state index in [1.54, 1.807) is 36.4 Å². The van der Waals surface area contributed by atoms with Crippen molar-refractivity contribution in [2.24, 2.45) is 0 Å². The molecule has 0 fully saturated rings. The van der Waals surface area contributed by atoms with Crippen molar-refractivity contribution in [3.63, 3.8) is 0 Å². The molecule has 0 amide bonds. The maximum absolute atomic E-state index is 12.4. The van der Waals surface area contributed by atoms with Crippen molar-refractivity contribution in [1.82, 2.24) is 0 Å². The Balaban J connectivity index is 2.47. The molecule has 3 nitrogen and oxygen atoms in total.